The monoisotopic (exact) mass is 324 g/mol. The number of carbonyl (C=O) groups is 1. The average molecular weight is 324 g/mol. The third-order valence-corrected chi connectivity index (χ3v) is 4.27. The van der Waals surface area contributed by atoms with Gasteiger partial charge >= 0.3 is 0 Å². The van der Waals surface area contributed by atoms with E-state index in [2.05, 4.69) is 16.9 Å². The normalized spacial score (nSPS) is 10.7. The van der Waals surface area contributed by atoms with E-state index in [4.69, 9.17) is 0 Å². The Morgan fingerprint density at radius 1 is 0.840 bits per heavy atom. The summed E-state index contributed by atoms with van der Waals surface area (Å²) in [6.07, 6.45) is 1.72. The van der Waals surface area contributed by atoms with Crippen LogP contribution >= 0.6 is 0 Å². The van der Waals surface area contributed by atoms with Gasteiger partial charge in [-0.3, -0.25) is 9.78 Å². The topological polar surface area (TPSA) is 42.0 Å². The maximum Gasteiger partial charge on any atom is 0.255 e. The minimum absolute atomic E-state index is 0.227. The first-order chi connectivity index (χ1) is 12.2. The second kappa shape index (κ2) is 6.21. The smallest absolute Gasteiger partial charge is 0.255 e. The number of anilines is 1. The largest absolute Gasteiger partial charge is 0.320 e. The standard InChI is InChI=1S/C22H16N2O/c1-15(18-12-4-8-16-7-2-3-11-19(16)18)22(25)24-20-13-5-9-17-10-6-14-23-21(17)20/h2-14H,1H2,(H,24,25). The van der Waals surface area contributed by atoms with E-state index >= 15 is 0 Å². The van der Waals surface area contributed by atoms with Crippen LogP contribution in [0.15, 0.2) is 85.6 Å². The van der Waals surface area contributed by atoms with Gasteiger partial charge in [0.15, 0.2) is 0 Å². The van der Waals surface area contributed by atoms with Crippen molar-refractivity contribution in [3.63, 3.8) is 0 Å². The van der Waals surface area contributed by atoms with Crippen molar-refractivity contribution < 1.29 is 4.79 Å². The second-order valence-electron chi connectivity index (χ2n) is 5.84. The van der Waals surface area contributed by atoms with Gasteiger partial charge in [-0.1, -0.05) is 67.2 Å². The molecule has 0 aliphatic rings. The molecule has 0 bridgehead atoms. The number of amides is 1. The van der Waals surface area contributed by atoms with Gasteiger partial charge in [0.25, 0.3) is 5.91 Å². The lowest BCUT2D eigenvalue weighted by Gasteiger charge is -2.11. The summed E-state index contributed by atoms with van der Waals surface area (Å²) in [6, 6.07) is 23.4. The van der Waals surface area contributed by atoms with Crippen molar-refractivity contribution >= 4 is 38.8 Å². The zero-order valence-corrected chi connectivity index (χ0v) is 13.6. The van der Waals surface area contributed by atoms with Crippen molar-refractivity contribution in [2.24, 2.45) is 0 Å². The van der Waals surface area contributed by atoms with Gasteiger partial charge in [0.05, 0.1) is 11.2 Å². The number of nitrogens with one attached hydrogen (secondary N) is 1. The van der Waals surface area contributed by atoms with Gasteiger partial charge in [-0.05, 0) is 28.5 Å². The van der Waals surface area contributed by atoms with Crippen molar-refractivity contribution in [1.82, 2.24) is 4.98 Å². The number of hydrogen-bond donors (Lipinski definition) is 1. The van der Waals surface area contributed by atoms with E-state index in [1.165, 1.54) is 0 Å². The summed E-state index contributed by atoms with van der Waals surface area (Å²) in [5.41, 5.74) is 2.72. The molecule has 3 nitrogen and oxygen atoms in total. The Balaban J connectivity index is 1.70. The van der Waals surface area contributed by atoms with Gasteiger partial charge in [0.1, 0.15) is 0 Å². The van der Waals surface area contributed by atoms with Gasteiger partial charge in [0.2, 0.25) is 0 Å². The van der Waals surface area contributed by atoms with E-state index in [1.807, 2.05) is 72.8 Å². The molecule has 0 saturated carbocycles. The number of carbonyl (C=O) groups excluding carboxylic acids is 1. The molecular weight excluding hydrogens is 308 g/mol. The van der Waals surface area contributed by atoms with Crippen LogP contribution in [-0.2, 0) is 4.79 Å². The molecule has 0 aliphatic carbocycles. The Hall–Kier alpha value is -3.46. The fourth-order valence-electron chi connectivity index (χ4n) is 3.01. The molecule has 4 aromatic rings. The van der Waals surface area contributed by atoms with Crippen LogP contribution in [0.25, 0.3) is 27.2 Å². The van der Waals surface area contributed by atoms with Gasteiger partial charge < -0.3 is 5.32 Å². The van der Waals surface area contributed by atoms with Crippen LogP contribution in [0.4, 0.5) is 5.69 Å². The van der Waals surface area contributed by atoms with E-state index in [9.17, 15) is 4.79 Å². The molecular formula is C22H16N2O. The van der Waals surface area contributed by atoms with Crippen molar-refractivity contribution in [1.29, 1.82) is 0 Å². The maximum absolute atomic E-state index is 12.8. The molecule has 0 spiro atoms. The minimum atomic E-state index is -0.227. The van der Waals surface area contributed by atoms with Crippen LogP contribution in [0.5, 0.6) is 0 Å². The van der Waals surface area contributed by atoms with Crippen LogP contribution in [0.2, 0.25) is 0 Å². The summed E-state index contributed by atoms with van der Waals surface area (Å²) >= 11 is 0. The molecule has 0 atom stereocenters. The van der Waals surface area contributed by atoms with Crippen LogP contribution < -0.4 is 5.32 Å². The van der Waals surface area contributed by atoms with E-state index in [0.29, 0.717) is 11.3 Å². The molecule has 0 unspecified atom stereocenters. The van der Waals surface area contributed by atoms with Crippen molar-refractivity contribution in [2.75, 3.05) is 5.32 Å². The van der Waals surface area contributed by atoms with Gasteiger partial charge in [0, 0.05) is 17.2 Å². The fraction of sp³-hybridized carbons (Fsp3) is 0. The highest BCUT2D eigenvalue weighted by molar-refractivity contribution is 6.27. The van der Waals surface area contributed by atoms with Crippen LogP contribution in [0.1, 0.15) is 5.56 Å². The zero-order valence-electron chi connectivity index (χ0n) is 13.6. The first-order valence-electron chi connectivity index (χ1n) is 8.06. The average Bonchev–Trinajstić information content (AvgIpc) is 2.67. The van der Waals surface area contributed by atoms with Crippen LogP contribution in [0, 0.1) is 0 Å². The Morgan fingerprint density at radius 3 is 2.48 bits per heavy atom. The van der Waals surface area contributed by atoms with E-state index in [-0.39, 0.29) is 5.91 Å². The highest BCUT2D eigenvalue weighted by Gasteiger charge is 2.14. The first-order valence-corrected chi connectivity index (χ1v) is 8.06. The predicted molar refractivity (Wildman–Crippen MR) is 103 cm³/mol. The van der Waals surface area contributed by atoms with Crippen molar-refractivity contribution in [2.45, 2.75) is 0 Å². The first kappa shape index (κ1) is 15.1. The molecule has 1 N–H and O–H groups in total. The number of para-hydroxylation sites is 1. The molecule has 0 aliphatic heterocycles. The van der Waals surface area contributed by atoms with E-state index in [1.54, 1.807) is 6.20 Å². The molecule has 1 heterocycles. The van der Waals surface area contributed by atoms with Crippen molar-refractivity contribution in [3.8, 4) is 0 Å². The molecule has 1 amide bonds. The summed E-state index contributed by atoms with van der Waals surface area (Å²) < 4.78 is 0. The number of rotatable bonds is 3. The lowest BCUT2D eigenvalue weighted by atomic mass is 9.98. The van der Waals surface area contributed by atoms with Crippen LogP contribution in [-0.4, -0.2) is 10.9 Å². The molecule has 1 aromatic heterocycles. The number of aromatic nitrogens is 1. The Kier molecular flexibility index (Phi) is 3.75. The summed E-state index contributed by atoms with van der Waals surface area (Å²) in [4.78, 5) is 17.1. The zero-order chi connectivity index (χ0) is 17.2. The molecule has 3 aromatic carbocycles. The molecule has 0 fully saturated rings. The van der Waals surface area contributed by atoms with Gasteiger partial charge in [-0.25, -0.2) is 0 Å². The number of hydrogen-bond acceptors (Lipinski definition) is 2. The SMILES string of the molecule is C=C(C(=O)Nc1cccc2cccnc12)c1cccc2ccccc12. The summed E-state index contributed by atoms with van der Waals surface area (Å²) in [7, 11) is 0. The molecule has 3 heteroatoms. The molecule has 25 heavy (non-hydrogen) atoms. The predicted octanol–water partition coefficient (Wildman–Crippen LogP) is 5.04. The summed E-state index contributed by atoms with van der Waals surface area (Å²) in [6.45, 7) is 4.02. The maximum atomic E-state index is 12.8. The minimum Gasteiger partial charge on any atom is -0.320 e. The Morgan fingerprint density at radius 2 is 1.56 bits per heavy atom. The fourth-order valence-corrected chi connectivity index (χ4v) is 3.01. The Labute approximate surface area is 145 Å². The van der Waals surface area contributed by atoms with Gasteiger partial charge in [-0.15, -0.1) is 0 Å². The van der Waals surface area contributed by atoms with Crippen molar-refractivity contribution in [3.05, 3.63) is 91.1 Å². The number of pyridine rings is 1. The lowest BCUT2D eigenvalue weighted by molar-refractivity contribution is -0.111. The quantitative estimate of drug-likeness (QED) is 0.536. The molecule has 0 saturated heterocycles. The van der Waals surface area contributed by atoms with Crippen LogP contribution in [0.3, 0.4) is 0 Å². The second-order valence-corrected chi connectivity index (χ2v) is 5.84. The molecule has 4 rings (SSSR count). The van der Waals surface area contributed by atoms with E-state index < -0.39 is 0 Å². The number of nitrogens with zero attached hydrogens (tertiary/aromatic N) is 1. The van der Waals surface area contributed by atoms with Gasteiger partial charge in [-0.2, -0.15) is 0 Å². The van der Waals surface area contributed by atoms with E-state index in [0.717, 1.165) is 27.2 Å². The third-order valence-electron chi connectivity index (χ3n) is 4.27. The highest BCUT2D eigenvalue weighted by Crippen LogP contribution is 2.26. The summed E-state index contributed by atoms with van der Waals surface area (Å²) in [5, 5.41) is 6.03. The number of fused-ring (bicyclic) bond motifs is 2. The molecule has 120 valence electrons. The molecule has 0 radical (unpaired) electrons. The third kappa shape index (κ3) is 2.76. The highest BCUT2D eigenvalue weighted by atomic mass is 16.1. The number of benzene rings is 3. The summed E-state index contributed by atoms with van der Waals surface area (Å²) in [5.74, 6) is -0.227. The lowest BCUT2D eigenvalue weighted by Crippen LogP contribution is -2.13. The Bertz CT molecular complexity index is 1100.